The molecule has 2 N–H and O–H groups in total. The molecule has 4 nitrogen and oxygen atoms in total. The van der Waals surface area contributed by atoms with E-state index in [0.717, 1.165) is 6.54 Å². The number of hydrogen-bond donors (Lipinski definition) is 2. The predicted octanol–water partition coefficient (Wildman–Crippen LogP) is -0.397. The quantitative estimate of drug-likeness (QED) is 0.555. The second-order valence-electron chi connectivity index (χ2n) is 3.06. The van der Waals surface area contributed by atoms with Crippen LogP contribution in [-0.2, 0) is 4.79 Å². The van der Waals surface area contributed by atoms with Crippen molar-refractivity contribution in [3.05, 3.63) is 12.2 Å². The molecule has 0 bridgehead atoms. The molecule has 0 atom stereocenters. The lowest BCUT2D eigenvalue weighted by atomic mass is 10.3. The van der Waals surface area contributed by atoms with Crippen LogP contribution in [0.1, 0.15) is 6.92 Å². The summed E-state index contributed by atoms with van der Waals surface area (Å²) in [7, 11) is 1.89. The molecule has 1 amide bonds. The zero-order valence-electron chi connectivity index (χ0n) is 8.34. The van der Waals surface area contributed by atoms with Crippen molar-refractivity contribution in [1.82, 2.24) is 10.2 Å². The van der Waals surface area contributed by atoms with Gasteiger partial charge < -0.3 is 15.3 Å². The Labute approximate surface area is 79.2 Å². The summed E-state index contributed by atoms with van der Waals surface area (Å²) < 4.78 is 0. The molecule has 0 rings (SSSR count). The van der Waals surface area contributed by atoms with Crippen LogP contribution in [0.25, 0.3) is 0 Å². The highest BCUT2D eigenvalue weighted by molar-refractivity contribution is 5.92. The Hall–Kier alpha value is -0.870. The number of likely N-dealkylation sites (N-methyl/N-ethyl adjacent to an activating group) is 1. The first-order valence-corrected chi connectivity index (χ1v) is 4.31. The smallest absolute Gasteiger partial charge is 0.246 e. The Kier molecular flexibility index (Phi) is 6.18. The van der Waals surface area contributed by atoms with E-state index in [9.17, 15) is 4.79 Å². The predicted molar refractivity (Wildman–Crippen MR) is 52.4 cm³/mol. The van der Waals surface area contributed by atoms with Crippen molar-refractivity contribution in [3.63, 3.8) is 0 Å². The number of rotatable bonds is 6. The van der Waals surface area contributed by atoms with Gasteiger partial charge in [0.2, 0.25) is 5.91 Å². The van der Waals surface area contributed by atoms with Crippen LogP contribution in [0.3, 0.4) is 0 Å². The van der Waals surface area contributed by atoms with Crippen LogP contribution in [0.5, 0.6) is 0 Å². The fourth-order valence-electron chi connectivity index (χ4n) is 0.794. The normalized spacial score (nSPS) is 10.2. The molecule has 0 aliphatic heterocycles. The Morgan fingerprint density at radius 1 is 1.54 bits per heavy atom. The molecule has 0 aromatic rings. The Morgan fingerprint density at radius 2 is 2.15 bits per heavy atom. The van der Waals surface area contributed by atoms with Crippen LogP contribution < -0.4 is 5.32 Å². The molecule has 0 saturated heterocycles. The number of amides is 1. The summed E-state index contributed by atoms with van der Waals surface area (Å²) in [5.41, 5.74) is 0.518. The van der Waals surface area contributed by atoms with Gasteiger partial charge in [0.25, 0.3) is 0 Å². The first-order chi connectivity index (χ1) is 6.07. The van der Waals surface area contributed by atoms with E-state index in [-0.39, 0.29) is 12.5 Å². The van der Waals surface area contributed by atoms with E-state index in [1.54, 1.807) is 6.92 Å². The van der Waals surface area contributed by atoms with Crippen LogP contribution in [0.2, 0.25) is 0 Å². The summed E-state index contributed by atoms with van der Waals surface area (Å²) in [4.78, 5) is 12.9. The number of aliphatic hydroxyl groups is 1. The molecule has 0 aromatic heterocycles. The van der Waals surface area contributed by atoms with E-state index in [0.29, 0.717) is 18.7 Å². The molecule has 0 saturated carbocycles. The number of nitrogens with one attached hydrogen (secondary N) is 1. The fraction of sp³-hybridized carbons (Fsp3) is 0.667. The summed E-state index contributed by atoms with van der Waals surface area (Å²) in [6, 6.07) is 0. The molecule has 0 spiro atoms. The van der Waals surface area contributed by atoms with Crippen LogP contribution in [0.4, 0.5) is 0 Å². The standard InChI is InChI=1S/C9H18N2O2/c1-8(2)9(13)10-4-5-11(3)6-7-12/h12H,1,4-7H2,2-3H3,(H,10,13). The largest absolute Gasteiger partial charge is 0.395 e. The van der Waals surface area contributed by atoms with E-state index in [1.165, 1.54) is 0 Å². The van der Waals surface area contributed by atoms with Gasteiger partial charge in [0.15, 0.2) is 0 Å². The van der Waals surface area contributed by atoms with Crippen LogP contribution in [0.15, 0.2) is 12.2 Å². The van der Waals surface area contributed by atoms with Crippen molar-refractivity contribution >= 4 is 5.91 Å². The van der Waals surface area contributed by atoms with Gasteiger partial charge in [-0.05, 0) is 14.0 Å². The molecule has 4 heteroatoms. The Balaban J connectivity index is 3.44. The summed E-state index contributed by atoms with van der Waals surface area (Å²) in [5.74, 6) is -0.114. The molecule has 76 valence electrons. The van der Waals surface area contributed by atoms with Crippen molar-refractivity contribution in [1.29, 1.82) is 0 Å². The summed E-state index contributed by atoms with van der Waals surface area (Å²) in [6.45, 7) is 7.29. The SMILES string of the molecule is C=C(C)C(=O)NCCN(C)CCO. The fourth-order valence-corrected chi connectivity index (χ4v) is 0.794. The molecule has 0 aromatic carbocycles. The maximum absolute atomic E-state index is 11.0. The lowest BCUT2D eigenvalue weighted by Crippen LogP contribution is -2.34. The van der Waals surface area contributed by atoms with Gasteiger partial charge in [-0.1, -0.05) is 6.58 Å². The number of aliphatic hydroxyl groups excluding tert-OH is 1. The first-order valence-electron chi connectivity index (χ1n) is 4.31. The monoisotopic (exact) mass is 186 g/mol. The Bertz CT molecular complexity index is 180. The van der Waals surface area contributed by atoms with Crippen LogP contribution >= 0.6 is 0 Å². The van der Waals surface area contributed by atoms with Gasteiger partial charge >= 0.3 is 0 Å². The van der Waals surface area contributed by atoms with Crippen LogP contribution in [0, 0.1) is 0 Å². The zero-order valence-corrected chi connectivity index (χ0v) is 8.34. The van der Waals surface area contributed by atoms with Gasteiger partial charge in [-0.25, -0.2) is 0 Å². The first kappa shape index (κ1) is 12.1. The second-order valence-corrected chi connectivity index (χ2v) is 3.06. The molecular weight excluding hydrogens is 168 g/mol. The highest BCUT2D eigenvalue weighted by Crippen LogP contribution is 1.85. The van der Waals surface area contributed by atoms with Gasteiger partial charge in [0.1, 0.15) is 0 Å². The minimum absolute atomic E-state index is 0.114. The summed E-state index contributed by atoms with van der Waals surface area (Å²) in [6.07, 6.45) is 0. The molecule has 0 aliphatic carbocycles. The number of carbonyl (C=O) groups excluding carboxylic acids is 1. The number of hydrogen-bond acceptors (Lipinski definition) is 3. The molecular formula is C9H18N2O2. The molecule has 0 fully saturated rings. The van der Waals surface area contributed by atoms with E-state index < -0.39 is 0 Å². The number of carbonyl (C=O) groups is 1. The van der Waals surface area contributed by atoms with E-state index in [1.807, 2.05) is 11.9 Å². The second kappa shape index (κ2) is 6.62. The van der Waals surface area contributed by atoms with E-state index in [2.05, 4.69) is 11.9 Å². The highest BCUT2D eigenvalue weighted by Gasteiger charge is 2.01. The van der Waals surface area contributed by atoms with Gasteiger partial charge in [-0.2, -0.15) is 0 Å². The third kappa shape index (κ3) is 6.31. The zero-order chi connectivity index (χ0) is 10.3. The van der Waals surface area contributed by atoms with Crippen LogP contribution in [-0.4, -0.2) is 49.2 Å². The van der Waals surface area contributed by atoms with Gasteiger partial charge in [-0.3, -0.25) is 4.79 Å². The van der Waals surface area contributed by atoms with Gasteiger partial charge in [0, 0.05) is 25.2 Å². The molecule has 0 heterocycles. The lowest BCUT2D eigenvalue weighted by molar-refractivity contribution is -0.117. The molecule has 0 unspecified atom stereocenters. The lowest BCUT2D eigenvalue weighted by Gasteiger charge is -2.14. The maximum Gasteiger partial charge on any atom is 0.246 e. The minimum Gasteiger partial charge on any atom is -0.395 e. The van der Waals surface area contributed by atoms with Gasteiger partial charge in [-0.15, -0.1) is 0 Å². The topological polar surface area (TPSA) is 52.6 Å². The van der Waals surface area contributed by atoms with Gasteiger partial charge in [0.05, 0.1) is 6.61 Å². The minimum atomic E-state index is -0.114. The van der Waals surface area contributed by atoms with Crippen molar-refractivity contribution < 1.29 is 9.90 Å². The molecule has 0 aliphatic rings. The van der Waals surface area contributed by atoms with Crippen molar-refractivity contribution in [2.24, 2.45) is 0 Å². The Morgan fingerprint density at radius 3 is 2.62 bits per heavy atom. The van der Waals surface area contributed by atoms with E-state index >= 15 is 0 Å². The average molecular weight is 186 g/mol. The average Bonchev–Trinajstić information content (AvgIpc) is 2.04. The third-order valence-electron chi connectivity index (χ3n) is 1.65. The van der Waals surface area contributed by atoms with E-state index in [4.69, 9.17) is 5.11 Å². The number of nitrogens with zero attached hydrogens (tertiary/aromatic N) is 1. The third-order valence-corrected chi connectivity index (χ3v) is 1.65. The highest BCUT2D eigenvalue weighted by atomic mass is 16.3. The maximum atomic E-state index is 11.0. The summed E-state index contributed by atoms with van der Waals surface area (Å²) >= 11 is 0. The van der Waals surface area contributed by atoms with Crippen molar-refractivity contribution in [2.45, 2.75) is 6.92 Å². The molecule has 0 radical (unpaired) electrons. The molecule has 13 heavy (non-hydrogen) atoms. The van der Waals surface area contributed by atoms with Crippen molar-refractivity contribution in [2.75, 3.05) is 33.3 Å². The summed E-state index contributed by atoms with van der Waals surface area (Å²) in [5, 5.41) is 11.3. The van der Waals surface area contributed by atoms with Crippen molar-refractivity contribution in [3.8, 4) is 0 Å².